The predicted octanol–water partition coefficient (Wildman–Crippen LogP) is 4.63. The molecule has 0 aliphatic heterocycles. The molecule has 2 aromatic carbocycles. The van der Waals surface area contributed by atoms with Crippen molar-refractivity contribution in [2.24, 2.45) is 5.92 Å². The van der Waals surface area contributed by atoms with Crippen molar-refractivity contribution in [3.63, 3.8) is 0 Å². The second-order valence-corrected chi connectivity index (χ2v) is 7.95. The summed E-state index contributed by atoms with van der Waals surface area (Å²) in [5.74, 6) is -0.274. The Morgan fingerprint density at radius 2 is 1.76 bits per heavy atom. The Hall–Kier alpha value is -3.21. The summed E-state index contributed by atoms with van der Waals surface area (Å²) >= 11 is 0. The number of fused-ring (bicyclic) bond motifs is 1. The van der Waals surface area contributed by atoms with Gasteiger partial charge in [0, 0.05) is 46.6 Å². The lowest BCUT2D eigenvalue weighted by Gasteiger charge is -2.11. The number of benzene rings is 2. The second kappa shape index (κ2) is 7.32. The third-order valence-corrected chi connectivity index (χ3v) is 5.81. The van der Waals surface area contributed by atoms with Crippen molar-refractivity contribution in [1.82, 2.24) is 4.98 Å². The Kier molecular flexibility index (Phi) is 4.82. The van der Waals surface area contributed by atoms with E-state index in [9.17, 15) is 14.4 Å². The van der Waals surface area contributed by atoms with Crippen LogP contribution in [0.25, 0.3) is 10.9 Å². The highest BCUT2D eigenvalue weighted by Crippen LogP contribution is 2.30. The number of hydrogen-bond donors (Lipinski definition) is 2. The van der Waals surface area contributed by atoms with Crippen LogP contribution in [-0.4, -0.2) is 22.5 Å². The number of amides is 1. The molecule has 0 saturated heterocycles. The molecule has 1 amide bonds. The molecule has 1 saturated carbocycles. The lowest BCUT2D eigenvalue weighted by molar-refractivity contribution is -0.122. The smallest absolute Gasteiger partial charge is 0.227 e. The molecular formula is C24H24N2O3. The fourth-order valence-electron chi connectivity index (χ4n) is 4.28. The van der Waals surface area contributed by atoms with Crippen LogP contribution in [0.3, 0.4) is 0 Å². The van der Waals surface area contributed by atoms with Gasteiger partial charge < -0.3 is 10.3 Å². The first-order valence-corrected chi connectivity index (χ1v) is 9.91. The highest BCUT2D eigenvalue weighted by Gasteiger charge is 2.28. The summed E-state index contributed by atoms with van der Waals surface area (Å²) in [5, 5.41) is 3.71. The molecule has 1 aliphatic rings. The first-order valence-electron chi connectivity index (χ1n) is 9.91. The largest absolute Gasteiger partial charge is 0.358 e. The summed E-state index contributed by atoms with van der Waals surface area (Å²) in [7, 11) is 0. The minimum absolute atomic E-state index is 0.0192. The van der Waals surface area contributed by atoms with E-state index in [2.05, 4.69) is 10.3 Å². The first-order chi connectivity index (χ1) is 13.8. The number of aryl methyl sites for hydroxylation is 3. The number of hydrogen-bond acceptors (Lipinski definition) is 3. The zero-order chi connectivity index (χ0) is 20.7. The van der Waals surface area contributed by atoms with Gasteiger partial charge in [0.2, 0.25) is 5.91 Å². The number of Topliss-reactive ketones (excluding diaryl/α,β-unsaturated/α-hetero) is 1. The molecule has 1 aromatic heterocycles. The lowest BCUT2D eigenvalue weighted by atomic mass is 9.93. The van der Waals surface area contributed by atoms with Crippen LogP contribution in [0.4, 0.5) is 5.69 Å². The number of aromatic nitrogens is 1. The van der Waals surface area contributed by atoms with Crippen molar-refractivity contribution in [3.8, 4) is 0 Å². The quantitative estimate of drug-likeness (QED) is 0.640. The van der Waals surface area contributed by atoms with Crippen molar-refractivity contribution in [1.29, 1.82) is 0 Å². The molecular weight excluding hydrogens is 364 g/mol. The van der Waals surface area contributed by atoms with E-state index in [0.29, 0.717) is 30.5 Å². The molecule has 1 aliphatic carbocycles. The summed E-state index contributed by atoms with van der Waals surface area (Å²) in [6.45, 7) is 5.78. The number of anilines is 1. The average molecular weight is 388 g/mol. The molecule has 1 fully saturated rings. The van der Waals surface area contributed by atoms with E-state index >= 15 is 0 Å². The van der Waals surface area contributed by atoms with Gasteiger partial charge in [0.05, 0.1) is 5.56 Å². The molecule has 4 rings (SSSR count). The summed E-state index contributed by atoms with van der Waals surface area (Å²) in [6, 6.07) is 11.4. The third kappa shape index (κ3) is 3.48. The second-order valence-electron chi connectivity index (χ2n) is 7.95. The van der Waals surface area contributed by atoms with Gasteiger partial charge >= 0.3 is 0 Å². The topological polar surface area (TPSA) is 79.0 Å². The Balaban J connectivity index is 1.71. The molecule has 29 heavy (non-hydrogen) atoms. The van der Waals surface area contributed by atoms with Gasteiger partial charge in [-0.2, -0.15) is 0 Å². The molecule has 3 aromatic rings. The molecule has 5 heteroatoms. The van der Waals surface area contributed by atoms with Crippen LogP contribution >= 0.6 is 0 Å². The van der Waals surface area contributed by atoms with E-state index in [1.807, 2.05) is 57.2 Å². The molecule has 5 nitrogen and oxygen atoms in total. The van der Waals surface area contributed by atoms with Crippen LogP contribution in [0, 0.1) is 26.7 Å². The van der Waals surface area contributed by atoms with Crippen molar-refractivity contribution < 1.29 is 14.4 Å². The molecule has 1 heterocycles. The minimum Gasteiger partial charge on any atom is -0.358 e. The zero-order valence-corrected chi connectivity index (χ0v) is 16.9. The van der Waals surface area contributed by atoms with Gasteiger partial charge in [-0.3, -0.25) is 14.4 Å². The normalized spacial score (nSPS) is 16.4. The molecule has 0 bridgehead atoms. The Morgan fingerprint density at radius 3 is 2.41 bits per heavy atom. The number of carbonyl (C=O) groups excluding carboxylic acids is 3. The Labute approximate surface area is 169 Å². The van der Waals surface area contributed by atoms with Crippen LogP contribution in [0.1, 0.15) is 52.0 Å². The van der Waals surface area contributed by atoms with Crippen molar-refractivity contribution >= 4 is 34.1 Å². The highest BCUT2D eigenvalue weighted by molar-refractivity contribution is 6.19. The van der Waals surface area contributed by atoms with Crippen molar-refractivity contribution in [2.75, 3.05) is 5.32 Å². The molecule has 1 atom stereocenters. The van der Waals surface area contributed by atoms with Crippen LogP contribution in [0.5, 0.6) is 0 Å². The van der Waals surface area contributed by atoms with E-state index < -0.39 is 0 Å². The lowest BCUT2D eigenvalue weighted by Crippen LogP contribution is -2.20. The number of rotatable bonds is 4. The van der Waals surface area contributed by atoms with E-state index in [0.717, 1.165) is 33.3 Å². The number of nitrogens with one attached hydrogen (secondary N) is 2. The fraction of sp³-hybridized carbons (Fsp3) is 0.292. The maximum atomic E-state index is 13.4. The molecule has 2 N–H and O–H groups in total. The fourth-order valence-corrected chi connectivity index (χ4v) is 4.28. The minimum atomic E-state index is -0.262. The van der Waals surface area contributed by atoms with Crippen LogP contribution in [0.15, 0.2) is 36.4 Å². The van der Waals surface area contributed by atoms with Gasteiger partial charge in [0.1, 0.15) is 5.78 Å². The van der Waals surface area contributed by atoms with Gasteiger partial charge in [-0.1, -0.05) is 18.2 Å². The summed E-state index contributed by atoms with van der Waals surface area (Å²) in [5.41, 5.74) is 5.53. The van der Waals surface area contributed by atoms with Crippen LogP contribution in [-0.2, 0) is 9.59 Å². The molecule has 1 unspecified atom stereocenters. The monoisotopic (exact) mass is 388 g/mol. The molecule has 148 valence electrons. The van der Waals surface area contributed by atoms with E-state index in [1.54, 1.807) is 0 Å². The number of ketones is 2. The van der Waals surface area contributed by atoms with Crippen LogP contribution < -0.4 is 5.32 Å². The van der Waals surface area contributed by atoms with Gasteiger partial charge in [-0.15, -0.1) is 0 Å². The third-order valence-electron chi connectivity index (χ3n) is 5.81. The molecule has 0 spiro atoms. The SMILES string of the molecule is Cc1cccc(C)c1C(=O)c1c(C)[nH]c2ccc(NC(=O)C3CCC(=O)C3)cc12. The maximum Gasteiger partial charge on any atom is 0.227 e. The Morgan fingerprint density at radius 1 is 1.03 bits per heavy atom. The van der Waals surface area contributed by atoms with Gasteiger partial charge in [-0.05, 0) is 56.5 Å². The average Bonchev–Trinajstić information content (AvgIpc) is 3.23. The summed E-state index contributed by atoms with van der Waals surface area (Å²) < 4.78 is 0. The van der Waals surface area contributed by atoms with E-state index in [4.69, 9.17) is 0 Å². The first kappa shape index (κ1) is 19.1. The van der Waals surface area contributed by atoms with Gasteiger partial charge in [-0.25, -0.2) is 0 Å². The summed E-state index contributed by atoms with van der Waals surface area (Å²) in [6.07, 6.45) is 1.39. The molecule has 0 radical (unpaired) electrons. The number of aromatic amines is 1. The van der Waals surface area contributed by atoms with Crippen molar-refractivity contribution in [3.05, 3.63) is 64.3 Å². The standard InChI is InChI=1S/C24H24N2O3/c1-13-5-4-6-14(2)21(13)23(28)22-15(3)25-20-10-8-17(12-19(20)22)26-24(29)16-7-9-18(27)11-16/h4-6,8,10,12,16,25H,7,9,11H2,1-3H3,(H,26,29). The van der Waals surface area contributed by atoms with Crippen molar-refractivity contribution in [2.45, 2.75) is 40.0 Å². The number of carbonyl (C=O) groups is 3. The summed E-state index contributed by atoms with van der Waals surface area (Å²) in [4.78, 5) is 40.7. The van der Waals surface area contributed by atoms with E-state index in [-0.39, 0.29) is 23.4 Å². The highest BCUT2D eigenvalue weighted by atomic mass is 16.2. The van der Waals surface area contributed by atoms with Gasteiger partial charge in [0.25, 0.3) is 0 Å². The van der Waals surface area contributed by atoms with E-state index in [1.165, 1.54) is 0 Å². The predicted molar refractivity (Wildman–Crippen MR) is 113 cm³/mol. The Bertz CT molecular complexity index is 1140. The maximum absolute atomic E-state index is 13.4. The number of H-pyrrole nitrogens is 1. The van der Waals surface area contributed by atoms with Gasteiger partial charge in [0.15, 0.2) is 5.78 Å². The zero-order valence-electron chi connectivity index (χ0n) is 16.9. The van der Waals surface area contributed by atoms with Crippen LogP contribution in [0.2, 0.25) is 0 Å².